The third kappa shape index (κ3) is 3.99. The fourth-order valence-electron chi connectivity index (χ4n) is 2.94. The summed E-state index contributed by atoms with van der Waals surface area (Å²) in [6, 6.07) is 8.89. The number of nitrogens with zero attached hydrogens (tertiary/aromatic N) is 3. The van der Waals surface area contributed by atoms with E-state index in [4.69, 9.17) is 4.74 Å². The molecule has 12 heteroatoms. The van der Waals surface area contributed by atoms with E-state index in [0.29, 0.717) is 4.57 Å². The monoisotopic (exact) mass is 439 g/mol. The molecule has 0 aliphatic rings. The van der Waals surface area contributed by atoms with Crippen LogP contribution in [0.15, 0.2) is 47.4 Å². The quantitative estimate of drug-likeness (QED) is 0.326. The lowest BCUT2D eigenvalue weighted by Gasteiger charge is -2.15. The van der Waals surface area contributed by atoms with Gasteiger partial charge in [0, 0.05) is 12.3 Å². The van der Waals surface area contributed by atoms with Crippen LogP contribution in [-0.4, -0.2) is 35.1 Å². The molecule has 9 nitrogen and oxygen atoms in total. The van der Waals surface area contributed by atoms with E-state index < -0.39 is 44.0 Å². The average molecular weight is 439 g/mol. The van der Waals surface area contributed by atoms with E-state index in [0.717, 1.165) is 24.5 Å². The van der Waals surface area contributed by atoms with Gasteiger partial charge >= 0.3 is 12.5 Å². The number of carbonyl (C=O) groups is 1. The number of aromatic nitrogens is 2. The Bertz CT molecular complexity index is 1260. The number of para-hydroxylation sites is 2. The minimum Gasteiger partial charge on any atom is -0.451 e. The van der Waals surface area contributed by atoms with Crippen LogP contribution < -0.4 is 0 Å². The zero-order valence-electron chi connectivity index (χ0n) is 15.7. The number of hydrogen-bond acceptors (Lipinski definition) is 7. The number of carbonyl (C=O) groups excluding carboxylic acids is 1. The molecule has 158 valence electrons. The normalized spacial score (nSPS) is 12.8. The molecule has 0 saturated carbocycles. The number of fused-ring (bicyclic) bond motifs is 1. The summed E-state index contributed by atoms with van der Waals surface area (Å²) in [6.07, 6.45) is -0.419. The van der Waals surface area contributed by atoms with Crippen LogP contribution in [0.1, 0.15) is 35.8 Å². The number of hydrogen-bond donors (Lipinski definition) is 0. The van der Waals surface area contributed by atoms with Gasteiger partial charge in [0.1, 0.15) is 4.90 Å². The maximum absolute atomic E-state index is 13.6. The Labute approximate surface area is 169 Å². The molecule has 0 saturated heterocycles. The van der Waals surface area contributed by atoms with Crippen molar-refractivity contribution in [2.75, 3.05) is 6.26 Å². The predicted octanol–water partition coefficient (Wildman–Crippen LogP) is 3.66. The molecule has 0 amide bonds. The summed E-state index contributed by atoms with van der Waals surface area (Å²) in [7, 11) is -3.91. The summed E-state index contributed by atoms with van der Waals surface area (Å²) < 4.78 is 56.3. The molecular formula is C18H15F2N3O6S. The molecule has 0 fully saturated rings. The molecule has 2 aromatic carbocycles. The SMILES string of the molecule is C[C@H](OC(=O)c1ccc(S(C)(=O)=O)c([N+](=O)[O-])c1)c1nc2ccccc2n1C(F)F. The number of alkyl halides is 2. The van der Waals surface area contributed by atoms with E-state index in [-0.39, 0.29) is 22.4 Å². The number of sulfone groups is 1. The van der Waals surface area contributed by atoms with Crippen LogP contribution in [0.3, 0.4) is 0 Å². The number of nitro groups is 1. The maximum Gasteiger partial charge on any atom is 0.339 e. The number of ether oxygens (including phenoxy) is 1. The highest BCUT2D eigenvalue weighted by atomic mass is 32.2. The number of rotatable bonds is 6. The molecule has 0 unspecified atom stereocenters. The van der Waals surface area contributed by atoms with Gasteiger partial charge in [-0.05, 0) is 31.2 Å². The Kier molecular flexibility index (Phi) is 5.53. The van der Waals surface area contributed by atoms with Gasteiger partial charge in [-0.15, -0.1) is 0 Å². The molecule has 1 aromatic heterocycles. The average Bonchev–Trinajstić information content (AvgIpc) is 3.06. The lowest BCUT2D eigenvalue weighted by atomic mass is 10.2. The fraction of sp³-hybridized carbons (Fsp3) is 0.222. The first-order chi connectivity index (χ1) is 14.0. The van der Waals surface area contributed by atoms with Gasteiger partial charge in [-0.25, -0.2) is 18.2 Å². The van der Waals surface area contributed by atoms with Crippen molar-refractivity contribution in [1.82, 2.24) is 9.55 Å². The minimum atomic E-state index is -3.91. The summed E-state index contributed by atoms with van der Waals surface area (Å²) in [6.45, 7) is -1.61. The summed E-state index contributed by atoms with van der Waals surface area (Å²) in [5.74, 6) is -1.26. The molecule has 3 rings (SSSR count). The van der Waals surface area contributed by atoms with Crippen LogP contribution in [-0.2, 0) is 14.6 Å². The maximum atomic E-state index is 13.6. The van der Waals surface area contributed by atoms with E-state index in [1.807, 2.05) is 0 Å². The molecular weight excluding hydrogens is 424 g/mol. The zero-order chi connectivity index (χ0) is 22.2. The molecule has 1 heterocycles. The summed E-state index contributed by atoms with van der Waals surface area (Å²) in [5.41, 5.74) is -0.664. The van der Waals surface area contributed by atoms with Crippen LogP contribution in [0.4, 0.5) is 14.5 Å². The molecule has 0 aliphatic heterocycles. The van der Waals surface area contributed by atoms with Gasteiger partial charge < -0.3 is 4.74 Å². The first-order valence-corrected chi connectivity index (χ1v) is 10.3. The Morgan fingerprint density at radius 3 is 2.50 bits per heavy atom. The Balaban J connectivity index is 1.95. The first kappa shape index (κ1) is 21.3. The van der Waals surface area contributed by atoms with E-state index >= 15 is 0 Å². The van der Waals surface area contributed by atoms with Crippen LogP contribution >= 0.6 is 0 Å². The van der Waals surface area contributed by atoms with Gasteiger partial charge in [0.05, 0.1) is 21.5 Å². The van der Waals surface area contributed by atoms with Gasteiger partial charge in [-0.3, -0.25) is 14.7 Å². The lowest BCUT2D eigenvalue weighted by molar-refractivity contribution is -0.387. The van der Waals surface area contributed by atoms with Gasteiger partial charge in [0.25, 0.3) is 5.69 Å². The van der Waals surface area contributed by atoms with E-state index in [1.54, 1.807) is 12.1 Å². The second-order valence-corrected chi connectivity index (χ2v) is 8.35. The van der Waals surface area contributed by atoms with E-state index in [2.05, 4.69) is 4.98 Å². The number of halogens is 2. The van der Waals surface area contributed by atoms with Crippen molar-refractivity contribution >= 4 is 32.5 Å². The number of imidazole rings is 1. The number of esters is 1. The third-order valence-electron chi connectivity index (χ3n) is 4.26. The molecule has 3 aromatic rings. The molecule has 1 atom stereocenters. The van der Waals surface area contributed by atoms with Crippen molar-refractivity contribution in [3.05, 3.63) is 64.0 Å². The van der Waals surface area contributed by atoms with Crippen LogP contribution in [0.25, 0.3) is 11.0 Å². The molecule has 0 spiro atoms. The van der Waals surface area contributed by atoms with Gasteiger partial charge in [-0.1, -0.05) is 12.1 Å². The van der Waals surface area contributed by atoms with Crippen molar-refractivity contribution in [3.63, 3.8) is 0 Å². The van der Waals surface area contributed by atoms with Crippen LogP contribution in [0.5, 0.6) is 0 Å². The van der Waals surface area contributed by atoms with Crippen molar-refractivity contribution < 1.29 is 31.7 Å². The van der Waals surface area contributed by atoms with Crippen molar-refractivity contribution in [2.45, 2.75) is 24.5 Å². The predicted molar refractivity (Wildman–Crippen MR) is 101 cm³/mol. The minimum absolute atomic E-state index is 0.151. The smallest absolute Gasteiger partial charge is 0.339 e. The molecule has 0 radical (unpaired) electrons. The van der Waals surface area contributed by atoms with Crippen LogP contribution in [0, 0.1) is 10.1 Å². The van der Waals surface area contributed by atoms with Crippen molar-refractivity contribution in [1.29, 1.82) is 0 Å². The second kappa shape index (κ2) is 7.78. The summed E-state index contributed by atoms with van der Waals surface area (Å²) in [5, 5.41) is 11.2. The van der Waals surface area contributed by atoms with Gasteiger partial charge in [-0.2, -0.15) is 8.78 Å². The molecule has 0 N–H and O–H groups in total. The largest absolute Gasteiger partial charge is 0.451 e. The van der Waals surface area contributed by atoms with Crippen molar-refractivity contribution in [2.24, 2.45) is 0 Å². The Morgan fingerprint density at radius 2 is 1.90 bits per heavy atom. The molecule has 0 aliphatic carbocycles. The second-order valence-electron chi connectivity index (χ2n) is 6.37. The molecule has 0 bridgehead atoms. The van der Waals surface area contributed by atoms with E-state index in [9.17, 15) is 32.1 Å². The number of benzene rings is 2. The third-order valence-corrected chi connectivity index (χ3v) is 5.40. The number of nitro benzene ring substituents is 1. The Hall–Kier alpha value is -3.41. The standard InChI is InChI=1S/C18H15F2N3O6S/c1-10(16-21-12-5-3-4-6-13(12)22(16)18(19)20)29-17(24)11-7-8-15(30(2,27)28)14(9-11)23(25)26/h3-10,18H,1-2H3/t10-/m0/s1. The first-order valence-electron chi connectivity index (χ1n) is 8.45. The lowest BCUT2D eigenvalue weighted by Crippen LogP contribution is -2.15. The Morgan fingerprint density at radius 1 is 1.23 bits per heavy atom. The zero-order valence-corrected chi connectivity index (χ0v) is 16.5. The summed E-state index contributed by atoms with van der Waals surface area (Å²) >= 11 is 0. The van der Waals surface area contributed by atoms with Gasteiger partial charge in [0.15, 0.2) is 21.8 Å². The summed E-state index contributed by atoms with van der Waals surface area (Å²) in [4.78, 5) is 26.2. The fourth-order valence-corrected chi connectivity index (χ4v) is 3.77. The van der Waals surface area contributed by atoms with E-state index in [1.165, 1.54) is 19.1 Å². The molecule has 30 heavy (non-hydrogen) atoms. The topological polar surface area (TPSA) is 121 Å². The highest BCUT2D eigenvalue weighted by Gasteiger charge is 2.27. The highest BCUT2D eigenvalue weighted by molar-refractivity contribution is 7.90. The van der Waals surface area contributed by atoms with Crippen LogP contribution in [0.2, 0.25) is 0 Å². The highest BCUT2D eigenvalue weighted by Crippen LogP contribution is 2.30. The van der Waals surface area contributed by atoms with Gasteiger partial charge in [0.2, 0.25) is 0 Å². The van der Waals surface area contributed by atoms with Crippen molar-refractivity contribution in [3.8, 4) is 0 Å².